The third-order valence-corrected chi connectivity index (χ3v) is 3.54. The van der Waals surface area contributed by atoms with Gasteiger partial charge in [0.25, 0.3) is 0 Å². The van der Waals surface area contributed by atoms with E-state index in [1.165, 1.54) is 23.3 Å². The predicted molar refractivity (Wildman–Crippen MR) is 65.0 cm³/mol. The van der Waals surface area contributed by atoms with Crippen molar-refractivity contribution in [2.75, 3.05) is 12.4 Å². The average molecular weight is 253 g/mol. The van der Waals surface area contributed by atoms with Crippen LogP contribution in [0.25, 0.3) is 0 Å². The zero-order chi connectivity index (χ0) is 11.4. The van der Waals surface area contributed by atoms with Crippen molar-refractivity contribution in [3.05, 3.63) is 18.1 Å². The van der Waals surface area contributed by atoms with Gasteiger partial charge in [0.2, 0.25) is 5.95 Å². The molecule has 0 atom stereocenters. The van der Waals surface area contributed by atoms with Crippen molar-refractivity contribution in [2.45, 2.75) is 22.7 Å². The highest BCUT2D eigenvalue weighted by molar-refractivity contribution is 8.00. The topological polar surface area (TPSA) is 63.6 Å². The molecule has 0 aromatic carbocycles. The second-order valence-electron chi connectivity index (χ2n) is 2.90. The summed E-state index contributed by atoms with van der Waals surface area (Å²) in [6.07, 6.45) is 2.59. The summed E-state index contributed by atoms with van der Waals surface area (Å²) in [5, 5.41) is 3.77. The highest BCUT2D eigenvalue weighted by Gasteiger charge is 2.06. The van der Waals surface area contributed by atoms with Crippen LogP contribution in [0.1, 0.15) is 12.7 Å². The molecule has 0 fully saturated rings. The molecule has 2 aromatic heterocycles. The molecule has 0 aliphatic heterocycles. The molecule has 2 rings (SSSR count). The summed E-state index contributed by atoms with van der Waals surface area (Å²) in [5.41, 5.74) is 0. The molecule has 5 nitrogen and oxygen atoms in total. The maximum atomic E-state index is 4.37. The van der Waals surface area contributed by atoms with Crippen molar-refractivity contribution in [3.8, 4) is 0 Å². The normalized spacial score (nSPS) is 10.4. The molecule has 1 N–H and O–H groups in total. The van der Waals surface area contributed by atoms with Crippen molar-refractivity contribution in [3.63, 3.8) is 0 Å². The van der Waals surface area contributed by atoms with E-state index >= 15 is 0 Å². The summed E-state index contributed by atoms with van der Waals surface area (Å²) in [4.78, 5) is 12.7. The highest BCUT2D eigenvalue weighted by Crippen LogP contribution is 2.27. The number of rotatable bonds is 4. The van der Waals surface area contributed by atoms with Crippen LogP contribution in [-0.4, -0.2) is 26.4 Å². The number of aromatic nitrogens is 4. The lowest BCUT2D eigenvalue weighted by Crippen LogP contribution is -1.95. The Morgan fingerprint density at radius 2 is 2.31 bits per heavy atom. The largest absolute Gasteiger partial charge is 0.357 e. The average Bonchev–Trinajstić information content (AvgIpc) is 2.77. The Bertz CT molecular complexity index is 470. The zero-order valence-electron chi connectivity index (χ0n) is 8.97. The zero-order valence-corrected chi connectivity index (χ0v) is 10.6. The second kappa shape index (κ2) is 5.22. The summed E-state index contributed by atoms with van der Waals surface area (Å²) >= 11 is 2.91. The van der Waals surface area contributed by atoms with Gasteiger partial charge in [0.1, 0.15) is 10.9 Å². The first-order valence-corrected chi connectivity index (χ1v) is 6.42. The molecule has 0 spiro atoms. The standard InChI is InChI=1S/C9H11N5S2/c1-3-6-12-9(16-14-6)15-7-4-5-11-8(10-2)13-7/h4-5H,3H2,1-2H3,(H,10,11,13). The molecule has 0 saturated carbocycles. The minimum Gasteiger partial charge on any atom is -0.357 e. The summed E-state index contributed by atoms with van der Waals surface area (Å²) in [6.45, 7) is 2.04. The Balaban J connectivity index is 2.13. The number of aryl methyl sites for hydroxylation is 1. The van der Waals surface area contributed by atoms with Crippen LogP contribution in [0.3, 0.4) is 0 Å². The Morgan fingerprint density at radius 1 is 1.44 bits per heavy atom. The van der Waals surface area contributed by atoms with Gasteiger partial charge in [-0.1, -0.05) is 6.92 Å². The van der Waals surface area contributed by atoms with Crippen molar-refractivity contribution in [1.29, 1.82) is 0 Å². The molecule has 84 valence electrons. The predicted octanol–water partition coefficient (Wildman–Crippen LogP) is 2.08. The monoisotopic (exact) mass is 253 g/mol. The molecule has 0 unspecified atom stereocenters. The van der Waals surface area contributed by atoms with Crippen LogP contribution < -0.4 is 5.32 Å². The van der Waals surface area contributed by atoms with Gasteiger partial charge in [-0.3, -0.25) is 0 Å². The number of anilines is 1. The van der Waals surface area contributed by atoms with Crippen molar-refractivity contribution >= 4 is 29.2 Å². The van der Waals surface area contributed by atoms with E-state index in [-0.39, 0.29) is 0 Å². The quantitative estimate of drug-likeness (QED) is 0.842. The molecule has 0 aliphatic rings. The van der Waals surface area contributed by atoms with Crippen LogP contribution >= 0.6 is 23.3 Å². The number of hydrogen-bond donors (Lipinski definition) is 1. The summed E-state index contributed by atoms with van der Waals surface area (Å²) in [5.74, 6) is 1.50. The molecule has 0 aliphatic carbocycles. The maximum absolute atomic E-state index is 4.37. The van der Waals surface area contributed by atoms with Gasteiger partial charge in [-0.2, -0.15) is 4.37 Å². The van der Waals surface area contributed by atoms with Gasteiger partial charge in [-0.25, -0.2) is 15.0 Å². The Hall–Kier alpha value is -1.21. The first-order chi connectivity index (χ1) is 7.81. The fourth-order valence-electron chi connectivity index (χ4n) is 1.03. The second-order valence-corrected chi connectivity index (χ2v) is 4.92. The molecule has 0 amide bonds. The van der Waals surface area contributed by atoms with Crippen LogP contribution in [0.5, 0.6) is 0 Å². The van der Waals surface area contributed by atoms with Gasteiger partial charge in [0.05, 0.1) is 0 Å². The van der Waals surface area contributed by atoms with Crippen LogP contribution in [0, 0.1) is 0 Å². The molecule has 16 heavy (non-hydrogen) atoms. The van der Waals surface area contributed by atoms with Crippen LogP contribution in [0.15, 0.2) is 21.6 Å². The van der Waals surface area contributed by atoms with E-state index in [0.29, 0.717) is 5.95 Å². The van der Waals surface area contributed by atoms with Crippen LogP contribution in [0.2, 0.25) is 0 Å². The van der Waals surface area contributed by atoms with E-state index in [0.717, 1.165) is 21.6 Å². The molecular formula is C9H11N5S2. The van der Waals surface area contributed by atoms with E-state index in [2.05, 4.69) is 24.6 Å². The highest BCUT2D eigenvalue weighted by atomic mass is 32.2. The first kappa shape index (κ1) is 11.3. The van der Waals surface area contributed by atoms with Gasteiger partial charge in [-0.15, -0.1) is 0 Å². The minimum absolute atomic E-state index is 0.616. The van der Waals surface area contributed by atoms with Crippen molar-refractivity contribution < 1.29 is 0 Å². The van der Waals surface area contributed by atoms with Crippen LogP contribution in [0.4, 0.5) is 5.95 Å². The SMILES string of the molecule is CCc1nsc(Sc2ccnc(NC)n2)n1. The van der Waals surface area contributed by atoms with Gasteiger partial charge >= 0.3 is 0 Å². The van der Waals surface area contributed by atoms with Gasteiger partial charge in [-0.05, 0) is 29.4 Å². The van der Waals surface area contributed by atoms with E-state index < -0.39 is 0 Å². The fourth-order valence-corrected chi connectivity index (χ4v) is 2.64. The summed E-state index contributed by atoms with van der Waals surface area (Å²) in [6, 6.07) is 1.86. The molecule has 2 aromatic rings. The van der Waals surface area contributed by atoms with E-state index in [9.17, 15) is 0 Å². The molecule has 0 saturated heterocycles. The van der Waals surface area contributed by atoms with E-state index in [1.807, 2.05) is 13.0 Å². The van der Waals surface area contributed by atoms with Gasteiger partial charge < -0.3 is 5.32 Å². The Morgan fingerprint density at radius 3 is 3.00 bits per heavy atom. The fraction of sp³-hybridized carbons (Fsp3) is 0.333. The lowest BCUT2D eigenvalue weighted by atomic mass is 10.5. The lowest BCUT2D eigenvalue weighted by molar-refractivity contribution is 0.969. The van der Waals surface area contributed by atoms with E-state index in [4.69, 9.17) is 0 Å². The minimum atomic E-state index is 0.616. The summed E-state index contributed by atoms with van der Waals surface area (Å²) < 4.78 is 5.14. The lowest BCUT2D eigenvalue weighted by Gasteiger charge is -1.99. The molecule has 2 heterocycles. The molecule has 0 radical (unpaired) electrons. The number of nitrogens with one attached hydrogen (secondary N) is 1. The van der Waals surface area contributed by atoms with Crippen LogP contribution in [-0.2, 0) is 6.42 Å². The first-order valence-electron chi connectivity index (χ1n) is 4.83. The number of hydrogen-bond acceptors (Lipinski definition) is 7. The van der Waals surface area contributed by atoms with Gasteiger partial charge in [0.15, 0.2) is 4.34 Å². The molecule has 0 bridgehead atoms. The smallest absolute Gasteiger partial charge is 0.223 e. The molecule has 7 heteroatoms. The summed E-state index contributed by atoms with van der Waals surface area (Å²) in [7, 11) is 1.80. The maximum Gasteiger partial charge on any atom is 0.223 e. The Labute approximate surface area is 102 Å². The third-order valence-electron chi connectivity index (χ3n) is 1.81. The van der Waals surface area contributed by atoms with Crippen molar-refractivity contribution in [1.82, 2.24) is 19.3 Å². The molecular weight excluding hydrogens is 242 g/mol. The van der Waals surface area contributed by atoms with E-state index in [1.54, 1.807) is 13.2 Å². The van der Waals surface area contributed by atoms with Crippen molar-refractivity contribution in [2.24, 2.45) is 0 Å². The third kappa shape index (κ3) is 2.67. The Kier molecular flexibility index (Phi) is 3.68. The number of nitrogens with zero attached hydrogens (tertiary/aromatic N) is 4. The van der Waals surface area contributed by atoms with Gasteiger partial charge in [0, 0.05) is 19.7 Å².